The van der Waals surface area contributed by atoms with Crippen LogP contribution in [0.5, 0.6) is 0 Å². The molecule has 1 fully saturated rings. The van der Waals surface area contributed by atoms with Crippen molar-refractivity contribution in [3.63, 3.8) is 0 Å². The summed E-state index contributed by atoms with van der Waals surface area (Å²) in [6, 6.07) is 27.4. The van der Waals surface area contributed by atoms with E-state index in [1.165, 1.54) is 11.1 Å². The fraction of sp³-hybridized carbons (Fsp3) is 0.455. The van der Waals surface area contributed by atoms with Gasteiger partial charge in [0.05, 0.1) is 11.0 Å². The van der Waals surface area contributed by atoms with E-state index in [1.54, 1.807) is 24.3 Å². The molecule has 3 aromatic rings. The van der Waals surface area contributed by atoms with Crippen molar-refractivity contribution >= 4 is 35.0 Å². The van der Waals surface area contributed by atoms with Gasteiger partial charge in [-0.15, -0.1) is 11.6 Å². The maximum Gasteiger partial charge on any atom is 0.251 e. The quantitative estimate of drug-likeness (QED) is 0.144. The summed E-state index contributed by atoms with van der Waals surface area (Å²) in [4.78, 5) is 28.0. The van der Waals surface area contributed by atoms with Crippen LogP contribution in [-0.4, -0.2) is 65.5 Å². The van der Waals surface area contributed by atoms with Crippen LogP contribution in [0.25, 0.3) is 0 Å². The maximum absolute atomic E-state index is 13.1. The van der Waals surface area contributed by atoms with E-state index in [2.05, 4.69) is 64.9 Å². The molecule has 0 spiro atoms. The Balaban J connectivity index is 0.000000714. The van der Waals surface area contributed by atoms with Crippen molar-refractivity contribution in [3.8, 4) is 0 Å². The minimum absolute atomic E-state index is 0.0241. The van der Waals surface area contributed by atoms with Gasteiger partial charge in [0.2, 0.25) is 5.91 Å². The standard InChI is InChI=1S/C35H45Cl2N3O3.C7H8.C2H6/c1-2-26(18-21-38-34(42)28-10-14-31(36)15-11-28)33(41)39-25-29(27-7-4-3-5-8-27)9-6-22-40-23-19-35(43,20-24-40)30-12-16-32(37)17-13-30;1-7-5-3-2-4-6-7;1-2/h3-5,7-8,10-16,26,29,32,43H,2,6,9,17-25H2,1H3,(H,38,42)(H,39,41);2-6H,1H3;1-2H3. The molecule has 1 heterocycles. The summed E-state index contributed by atoms with van der Waals surface area (Å²) in [6.07, 6.45) is 11.6. The number of hydrogen-bond acceptors (Lipinski definition) is 4. The van der Waals surface area contributed by atoms with Crippen LogP contribution < -0.4 is 10.6 Å². The summed E-state index contributed by atoms with van der Waals surface area (Å²) in [5.41, 5.74) is 3.36. The number of likely N-dealkylation sites (tertiary alicyclic amines) is 1. The smallest absolute Gasteiger partial charge is 0.251 e. The molecule has 0 bridgehead atoms. The lowest BCUT2D eigenvalue weighted by Crippen LogP contribution is -2.45. The van der Waals surface area contributed by atoms with Crippen molar-refractivity contribution in [2.75, 3.05) is 32.7 Å². The van der Waals surface area contributed by atoms with Gasteiger partial charge < -0.3 is 20.6 Å². The van der Waals surface area contributed by atoms with Crippen LogP contribution in [0, 0.1) is 12.8 Å². The van der Waals surface area contributed by atoms with Crippen LogP contribution >= 0.6 is 23.2 Å². The number of carbonyl (C=O) groups is 2. The van der Waals surface area contributed by atoms with Gasteiger partial charge in [0.1, 0.15) is 0 Å². The lowest BCUT2D eigenvalue weighted by atomic mass is 9.81. The SMILES string of the molecule is CC.CCC(CCNC(=O)c1ccc(Cl)cc1)C(=O)NCC(CCCN1CCC(O)(C2=CCC(Cl)C=C2)CC1)c1ccccc1.Cc1ccccc1. The Bertz CT molecular complexity index is 1520. The molecule has 52 heavy (non-hydrogen) atoms. The van der Waals surface area contributed by atoms with E-state index in [1.807, 2.05) is 57.2 Å². The molecule has 282 valence electrons. The second-order valence-electron chi connectivity index (χ2n) is 13.4. The molecule has 2 aliphatic rings. The number of hydrogen-bond donors (Lipinski definition) is 3. The van der Waals surface area contributed by atoms with Crippen molar-refractivity contribution in [2.24, 2.45) is 5.92 Å². The third-order valence-electron chi connectivity index (χ3n) is 9.78. The minimum atomic E-state index is -0.755. The highest BCUT2D eigenvalue weighted by molar-refractivity contribution is 6.30. The topological polar surface area (TPSA) is 81.7 Å². The molecular formula is C44H59Cl2N3O3. The number of rotatable bonds is 14. The largest absolute Gasteiger partial charge is 0.385 e. The molecule has 0 radical (unpaired) electrons. The van der Waals surface area contributed by atoms with Crippen molar-refractivity contribution in [2.45, 2.75) is 89.5 Å². The number of halogens is 2. The zero-order chi connectivity index (χ0) is 37.8. The molecule has 6 nitrogen and oxygen atoms in total. The van der Waals surface area contributed by atoms with Crippen molar-refractivity contribution in [3.05, 3.63) is 130 Å². The number of piperidine rings is 1. The van der Waals surface area contributed by atoms with Gasteiger partial charge in [-0.05, 0) is 93.8 Å². The van der Waals surface area contributed by atoms with Gasteiger partial charge in [-0.3, -0.25) is 9.59 Å². The van der Waals surface area contributed by atoms with E-state index >= 15 is 0 Å². The van der Waals surface area contributed by atoms with E-state index in [0.29, 0.717) is 36.5 Å². The monoisotopic (exact) mass is 747 g/mol. The zero-order valence-electron chi connectivity index (χ0n) is 31.5. The first-order chi connectivity index (χ1) is 25.2. The fourth-order valence-electron chi connectivity index (χ4n) is 6.53. The van der Waals surface area contributed by atoms with E-state index < -0.39 is 5.60 Å². The van der Waals surface area contributed by atoms with Crippen LogP contribution in [0.4, 0.5) is 0 Å². The summed E-state index contributed by atoms with van der Waals surface area (Å²) < 4.78 is 0. The number of aliphatic hydroxyl groups is 1. The van der Waals surface area contributed by atoms with Crippen LogP contribution in [0.2, 0.25) is 5.02 Å². The number of aryl methyl sites for hydroxylation is 1. The van der Waals surface area contributed by atoms with Crippen LogP contribution in [-0.2, 0) is 4.79 Å². The number of carbonyl (C=O) groups excluding carboxylic acids is 2. The van der Waals surface area contributed by atoms with E-state index in [9.17, 15) is 14.7 Å². The normalized spacial score (nSPS) is 17.6. The second kappa shape index (κ2) is 23.3. The first-order valence-corrected chi connectivity index (χ1v) is 19.8. The summed E-state index contributed by atoms with van der Waals surface area (Å²) in [6.45, 7) is 11.8. The van der Waals surface area contributed by atoms with Gasteiger partial charge in [-0.25, -0.2) is 0 Å². The van der Waals surface area contributed by atoms with Gasteiger partial charge in [-0.2, -0.15) is 0 Å². The predicted octanol–water partition coefficient (Wildman–Crippen LogP) is 9.51. The molecule has 1 saturated heterocycles. The number of benzene rings is 3. The molecule has 3 N–H and O–H groups in total. The van der Waals surface area contributed by atoms with Crippen LogP contribution in [0.1, 0.15) is 93.1 Å². The van der Waals surface area contributed by atoms with E-state index in [4.69, 9.17) is 23.2 Å². The summed E-state index contributed by atoms with van der Waals surface area (Å²) in [7, 11) is 0. The zero-order valence-corrected chi connectivity index (χ0v) is 33.0. The molecular weight excluding hydrogens is 689 g/mol. The number of allylic oxidation sites excluding steroid dienone is 2. The molecule has 0 saturated carbocycles. The van der Waals surface area contributed by atoms with E-state index in [0.717, 1.165) is 57.3 Å². The van der Waals surface area contributed by atoms with Crippen LogP contribution in [0.3, 0.4) is 0 Å². The number of nitrogens with zero attached hydrogens (tertiary/aromatic N) is 1. The third-order valence-corrected chi connectivity index (χ3v) is 10.4. The Kier molecular flexibility index (Phi) is 19.3. The average Bonchev–Trinajstić information content (AvgIpc) is 3.17. The molecule has 5 rings (SSSR count). The van der Waals surface area contributed by atoms with Gasteiger partial charge in [0, 0.05) is 48.6 Å². The molecule has 0 aromatic heterocycles. The van der Waals surface area contributed by atoms with E-state index in [-0.39, 0.29) is 29.0 Å². The van der Waals surface area contributed by atoms with Crippen molar-refractivity contribution in [1.82, 2.24) is 15.5 Å². The fourth-order valence-corrected chi connectivity index (χ4v) is 6.82. The van der Waals surface area contributed by atoms with Gasteiger partial charge >= 0.3 is 0 Å². The second-order valence-corrected chi connectivity index (χ2v) is 14.4. The Morgan fingerprint density at radius 1 is 0.923 bits per heavy atom. The average molecular weight is 749 g/mol. The number of alkyl halides is 1. The Morgan fingerprint density at radius 3 is 2.12 bits per heavy atom. The Labute approximate surface area is 322 Å². The molecule has 3 aromatic carbocycles. The molecule has 2 amide bonds. The lowest BCUT2D eigenvalue weighted by Gasteiger charge is -2.40. The third kappa shape index (κ3) is 14.5. The first-order valence-electron chi connectivity index (χ1n) is 19.0. The summed E-state index contributed by atoms with van der Waals surface area (Å²) in [5.74, 6) is -0.0821. The van der Waals surface area contributed by atoms with Gasteiger partial charge in [0.15, 0.2) is 0 Å². The lowest BCUT2D eigenvalue weighted by molar-refractivity contribution is -0.125. The highest BCUT2D eigenvalue weighted by atomic mass is 35.5. The summed E-state index contributed by atoms with van der Waals surface area (Å²) >= 11 is 12.1. The van der Waals surface area contributed by atoms with Crippen molar-refractivity contribution in [1.29, 1.82) is 0 Å². The number of nitrogens with one attached hydrogen (secondary N) is 2. The predicted molar refractivity (Wildman–Crippen MR) is 218 cm³/mol. The number of amides is 2. The molecule has 3 atom stereocenters. The minimum Gasteiger partial charge on any atom is -0.385 e. The maximum atomic E-state index is 13.1. The summed E-state index contributed by atoms with van der Waals surface area (Å²) in [5, 5.41) is 18.0. The van der Waals surface area contributed by atoms with Gasteiger partial charge in [-0.1, -0.05) is 117 Å². The molecule has 3 unspecified atom stereocenters. The highest BCUT2D eigenvalue weighted by Crippen LogP contribution is 2.33. The Hall–Kier alpha value is -3.42. The molecule has 8 heteroatoms. The first kappa shape index (κ1) is 43.0. The van der Waals surface area contributed by atoms with Crippen LogP contribution in [0.15, 0.2) is 109 Å². The van der Waals surface area contributed by atoms with Gasteiger partial charge in [0.25, 0.3) is 5.91 Å². The molecule has 1 aliphatic carbocycles. The Morgan fingerprint density at radius 2 is 1.56 bits per heavy atom. The molecule has 1 aliphatic heterocycles. The van der Waals surface area contributed by atoms with Crippen molar-refractivity contribution < 1.29 is 14.7 Å². The highest BCUT2D eigenvalue weighted by Gasteiger charge is 2.35.